The number of amidine groups is 1. The topological polar surface area (TPSA) is 64.6 Å². The molecule has 1 N–H and O–H groups in total. The van der Waals surface area contributed by atoms with Gasteiger partial charge < -0.3 is 9.32 Å². The normalized spacial score (nSPS) is 11.7. The zero-order valence-corrected chi connectivity index (χ0v) is 13.7. The molecule has 0 aromatic carbocycles. The maximum atomic E-state index is 8.51. The highest BCUT2D eigenvalue weighted by molar-refractivity contribution is 8.13. The molecule has 20 heavy (non-hydrogen) atoms. The average molecular weight is 312 g/mol. The fraction of sp³-hybridized carbons (Fsp3) is 0.538. The van der Waals surface area contributed by atoms with Crippen molar-refractivity contribution in [3.63, 3.8) is 0 Å². The highest BCUT2D eigenvalue weighted by Gasteiger charge is 2.03. The number of thioether (sulfide) groups is 2. The van der Waals surface area contributed by atoms with Gasteiger partial charge in [0.25, 0.3) is 0 Å². The molecule has 5 nitrogen and oxygen atoms in total. The summed E-state index contributed by atoms with van der Waals surface area (Å²) in [6, 6.07) is 4.05. The minimum absolute atomic E-state index is 0.666. The van der Waals surface area contributed by atoms with Gasteiger partial charge in [-0.2, -0.15) is 17.0 Å². The van der Waals surface area contributed by atoms with Crippen molar-refractivity contribution in [2.24, 2.45) is 4.99 Å². The molecule has 0 bridgehead atoms. The predicted molar refractivity (Wildman–Crippen MR) is 86.8 cm³/mol. The Kier molecular flexibility index (Phi) is 8.26. The zero-order chi connectivity index (χ0) is 14.8. The molecule has 7 heteroatoms. The van der Waals surface area contributed by atoms with Gasteiger partial charge in [-0.15, -0.1) is 0 Å². The number of nitrogens with one attached hydrogen (secondary N) is 1. The van der Waals surface area contributed by atoms with E-state index >= 15 is 0 Å². The van der Waals surface area contributed by atoms with Crippen molar-refractivity contribution in [2.75, 3.05) is 32.6 Å². The van der Waals surface area contributed by atoms with E-state index in [2.05, 4.69) is 15.2 Å². The second kappa shape index (κ2) is 9.75. The molecule has 0 spiro atoms. The first-order valence-electron chi connectivity index (χ1n) is 6.19. The largest absolute Gasteiger partial charge is 0.464 e. The van der Waals surface area contributed by atoms with Gasteiger partial charge in [-0.05, 0) is 32.5 Å². The first-order chi connectivity index (χ1) is 9.65. The standard InChI is InChI=1S/C13H20N4OS2/c1-17(2)8-11-4-5-12(18-11)9-20-7-6-15-13(19-3)16-10-14/h4-5H,6-9H2,1-3H3,(H,15,16). The van der Waals surface area contributed by atoms with E-state index in [1.807, 2.05) is 38.7 Å². The van der Waals surface area contributed by atoms with Crippen molar-refractivity contribution >= 4 is 28.7 Å². The lowest BCUT2D eigenvalue weighted by molar-refractivity contribution is 0.344. The summed E-state index contributed by atoms with van der Waals surface area (Å²) >= 11 is 3.22. The molecule has 0 fully saturated rings. The summed E-state index contributed by atoms with van der Waals surface area (Å²) in [6.07, 6.45) is 3.77. The van der Waals surface area contributed by atoms with Crippen LogP contribution < -0.4 is 5.32 Å². The van der Waals surface area contributed by atoms with Crippen LogP contribution in [0.25, 0.3) is 0 Å². The molecule has 0 unspecified atom stereocenters. The van der Waals surface area contributed by atoms with Crippen LogP contribution in [0.15, 0.2) is 21.5 Å². The molecular weight excluding hydrogens is 292 g/mol. The Hall–Kier alpha value is -1.10. The molecule has 0 aliphatic carbocycles. The van der Waals surface area contributed by atoms with E-state index in [9.17, 15) is 0 Å². The number of furan rings is 1. The van der Waals surface area contributed by atoms with Gasteiger partial charge in [-0.25, -0.2) is 0 Å². The molecular formula is C13H20N4OS2. The number of nitrogens with zero attached hydrogens (tertiary/aromatic N) is 3. The van der Waals surface area contributed by atoms with E-state index in [0.717, 1.165) is 29.6 Å². The lowest BCUT2D eigenvalue weighted by atomic mass is 10.4. The predicted octanol–water partition coefficient (Wildman–Crippen LogP) is 2.36. The first kappa shape index (κ1) is 17.0. The number of rotatable bonds is 7. The van der Waals surface area contributed by atoms with Crippen molar-refractivity contribution in [2.45, 2.75) is 12.3 Å². The molecule has 0 aliphatic heterocycles. The van der Waals surface area contributed by atoms with Crippen LogP contribution in [0.5, 0.6) is 0 Å². The number of hydrogen-bond acceptors (Lipinski definition) is 6. The lowest BCUT2D eigenvalue weighted by Crippen LogP contribution is -2.13. The molecule has 1 aromatic heterocycles. The summed E-state index contributed by atoms with van der Waals surface area (Å²) in [5.41, 5.74) is 0. The zero-order valence-electron chi connectivity index (χ0n) is 12.0. The third-order valence-corrected chi connectivity index (χ3v) is 3.86. The molecule has 0 radical (unpaired) electrons. The smallest absolute Gasteiger partial charge is 0.183 e. The Bertz CT molecular complexity index is 465. The van der Waals surface area contributed by atoms with Gasteiger partial charge in [-0.1, -0.05) is 11.8 Å². The first-order valence-corrected chi connectivity index (χ1v) is 8.57. The van der Waals surface area contributed by atoms with E-state index in [1.54, 1.807) is 11.8 Å². The number of nitriles is 1. The molecule has 1 aromatic rings. The number of aliphatic imine (C=N–C) groups is 1. The van der Waals surface area contributed by atoms with Crippen LogP contribution in [-0.2, 0) is 12.3 Å². The van der Waals surface area contributed by atoms with Crippen LogP contribution in [0, 0.1) is 11.5 Å². The van der Waals surface area contributed by atoms with Gasteiger partial charge in [0.1, 0.15) is 11.5 Å². The SMILES string of the molecule is CS/C(=N\CCSCc1ccc(CN(C)C)o1)NC#N. The van der Waals surface area contributed by atoms with E-state index in [-0.39, 0.29) is 0 Å². The lowest BCUT2D eigenvalue weighted by Gasteiger charge is -2.05. The monoisotopic (exact) mass is 312 g/mol. The van der Waals surface area contributed by atoms with E-state index < -0.39 is 0 Å². The molecule has 110 valence electrons. The van der Waals surface area contributed by atoms with E-state index in [4.69, 9.17) is 9.68 Å². The Morgan fingerprint density at radius 3 is 2.85 bits per heavy atom. The van der Waals surface area contributed by atoms with Crippen LogP contribution >= 0.6 is 23.5 Å². The van der Waals surface area contributed by atoms with Crippen LogP contribution in [0.1, 0.15) is 11.5 Å². The average Bonchev–Trinajstić information content (AvgIpc) is 2.83. The Morgan fingerprint density at radius 1 is 1.45 bits per heavy atom. The summed E-state index contributed by atoms with van der Waals surface area (Å²) < 4.78 is 5.72. The third-order valence-electron chi connectivity index (χ3n) is 2.28. The molecule has 0 saturated carbocycles. The summed E-state index contributed by atoms with van der Waals surface area (Å²) in [5, 5.41) is 11.7. The van der Waals surface area contributed by atoms with Gasteiger partial charge in [-0.3, -0.25) is 10.3 Å². The van der Waals surface area contributed by atoms with E-state index in [1.165, 1.54) is 11.8 Å². The van der Waals surface area contributed by atoms with Crippen molar-refractivity contribution in [1.29, 1.82) is 5.26 Å². The van der Waals surface area contributed by atoms with Gasteiger partial charge in [0, 0.05) is 5.75 Å². The summed E-state index contributed by atoms with van der Waals surface area (Å²) in [5.74, 6) is 3.74. The van der Waals surface area contributed by atoms with Gasteiger partial charge in [0.05, 0.1) is 18.8 Å². The quantitative estimate of drug-likeness (QED) is 0.274. The van der Waals surface area contributed by atoms with Crippen LogP contribution in [0.2, 0.25) is 0 Å². The van der Waals surface area contributed by atoms with Gasteiger partial charge in [0.2, 0.25) is 0 Å². The minimum Gasteiger partial charge on any atom is -0.464 e. The van der Waals surface area contributed by atoms with Crippen LogP contribution in [0.3, 0.4) is 0 Å². The number of hydrogen-bond donors (Lipinski definition) is 1. The second-order valence-corrected chi connectivity index (χ2v) is 6.19. The molecule has 0 saturated heterocycles. The van der Waals surface area contributed by atoms with E-state index in [0.29, 0.717) is 11.7 Å². The highest BCUT2D eigenvalue weighted by atomic mass is 32.2. The Morgan fingerprint density at radius 2 is 2.20 bits per heavy atom. The maximum absolute atomic E-state index is 8.51. The maximum Gasteiger partial charge on any atom is 0.183 e. The van der Waals surface area contributed by atoms with Gasteiger partial charge in [0.15, 0.2) is 11.4 Å². The fourth-order valence-corrected chi connectivity index (χ4v) is 2.57. The fourth-order valence-electron chi connectivity index (χ4n) is 1.48. The van der Waals surface area contributed by atoms with Crippen LogP contribution in [-0.4, -0.2) is 42.7 Å². The minimum atomic E-state index is 0.666. The molecule has 0 atom stereocenters. The second-order valence-electron chi connectivity index (χ2n) is 4.29. The summed E-state index contributed by atoms with van der Waals surface area (Å²) in [7, 11) is 4.04. The van der Waals surface area contributed by atoms with Crippen LogP contribution in [0.4, 0.5) is 0 Å². The highest BCUT2D eigenvalue weighted by Crippen LogP contribution is 2.16. The van der Waals surface area contributed by atoms with Gasteiger partial charge >= 0.3 is 0 Å². The van der Waals surface area contributed by atoms with Crippen molar-refractivity contribution in [1.82, 2.24) is 10.2 Å². The molecule has 0 amide bonds. The molecule has 1 heterocycles. The Balaban J connectivity index is 2.24. The molecule has 0 aliphatic rings. The molecule has 1 rings (SSSR count). The third kappa shape index (κ3) is 6.89. The van der Waals surface area contributed by atoms with Crippen molar-refractivity contribution in [3.8, 4) is 6.19 Å². The summed E-state index contributed by atoms with van der Waals surface area (Å²) in [4.78, 5) is 6.38. The summed E-state index contributed by atoms with van der Waals surface area (Å²) in [6.45, 7) is 1.52. The van der Waals surface area contributed by atoms with Crippen molar-refractivity contribution in [3.05, 3.63) is 23.7 Å². The Labute approximate surface area is 128 Å². The van der Waals surface area contributed by atoms with Crippen molar-refractivity contribution < 1.29 is 4.42 Å².